The fraction of sp³-hybridized carbons (Fsp3) is 0.684. The Balaban J connectivity index is 1.99. The van der Waals surface area contributed by atoms with E-state index >= 15 is 0 Å². The molecule has 1 saturated heterocycles. The maximum absolute atomic E-state index is 3.85. The van der Waals surface area contributed by atoms with Gasteiger partial charge in [-0.3, -0.25) is 4.90 Å². The Morgan fingerprint density at radius 3 is 2.10 bits per heavy atom. The molecule has 1 aromatic rings. The lowest BCUT2D eigenvalue weighted by Crippen LogP contribution is -2.45. The summed E-state index contributed by atoms with van der Waals surface area (Å²) in [6.07, 6.45) is 2.74. The molecule has 2 nitrogen and oxygen atoms in total. The Kier molecular flexibility index (Phi) is 6.25. The van der Waals surface area contributed by atoms with Crippen LogP contribution in [0.2, 0.25) is 0 Å². The maximum Gasteiger partial charge on any atom is 0.0344 e. The van der Waals surface area contributed by atoms with Gasteiger partial charge in [-0.15, -0.1) is 0 Å². The maximum atomic E-state index is 3.85. The van der Waals surface area contributed by atoms with E-state index in [0.29, 0.717) is 23.9 Å². The molecule has 0 radical (unpaired) electrons. The van der Waals surface area contributed by atoms with Gasteiger partial charge in [-0.1, -0.05) is 58.0 Å². The molecular formula is C19H32N2. The molecule has 1 aliphatic heterocycles. The highest BCUT2D eigenvalue weighted by Crippen LogP contribution is 2.23. The molecule has 1 heterocycles. The van der Waals surface area contributed by atoms with Crippen LogP contribution in [0.5, 0.6) is 0 Å². The van der Waals surface area contributed by atoms with Crippen LogP contribution in [0, 0.1) is 11.8 Å². The fourth-order valence-corrected chi connectivity index (χ4v) is 3.51. The number of rotatable bonds is 7. The zero-order valence-electron chi connectivity index (χ0n) is 14.2. The summed E-state index contributed by atoms with van der Waals surface area (Å²) in [6, 6.07) is 12.0. The van der Waals surface area contributed by atoms with Crippen LogP contribution in [0.4, 0.5) is 0 Å². The molecule has 0 saturated carbocycles. The van der Waals surface area contributed by atoms with Gasteiger partial charge in [0, 0.05) is 18.6 Å². The summed E-state index contributed by atoms with van der Waals surface area (Å²) in [6.45, 7) is 13.0. The highest BCUT2D eigenvalue weighted by molar-refractivity contribution is 5.19. The van der Waals surface area contributed by atoms with Crippen LogP contribution in [-0.4, -0.2) is 30.6 Å². The Morgan fingerprint density at radius 1 is 0.952 bits per heavy atom. The standard InChI is InChI=1S/C19H32N2/c1-15(2)18(21-12-8-9-13-21)14-20-19(16(3)4)17-10-6-5-7-11-17/h5-7,10-11,15-16,18-20H,8-9,12-14H2,1-4H3. The number of benzene rings is 1. The summed E-state index contributed by atoms with van der Waals surface area (Å²) in [7, 11) is 0. The van der Waals surface area contributed by atoms with Gasteiger partial charge in [-0.05, 0) is 43.3 Å². The minimum Gasteiger partial charge on any atom is -0.308 e. The second kappa shape index (κ2) is 7.95. The molecular weight excluding hydrogens is 256 g/mol. The van der Waals surface area contributed by atoms with Crippen molar-refractivity contribution >= 4 is 0 Å². The van der Waals surface area contributed by atoms with Gasteiger partial charge in [0.05, 0.1) is 0 Å². The van der Waals surface area contributed by atoms with E-state index in [4.69, 9.17) is 0 Å². The SMILES string of the molecule is CC(C)C(NCC(C(C)C)N1CCCC1)c1ccccc1. The van der Waals surface area contributed by atoms with Crippen LogP contribution >= 0.6 is 0 Å². The van der Waals surface area contributed by atoms with E-state index in [1.54, 1.807) is 0 Å². The van der Waals surface area contributed by atoms with E-state index in [-0.39, 0.29) is 0 Å². The van der Waals surface area contributed by atoms with Crippen molar-refractivity contribution in [1.29, 1.82) is 0 Å². The minimum atomic E-state index is 0.454. The van der Waals surface area contributed by atoms with Crippen molar-refractivity contribution in [3.8, 4) is 0 Å². The topological polar surface area (TPSA) is 15.3 Å². The van der Waals surface area contributed by atoms with E-state index in [9.17, 15) is 0 Å². The van der Waals surface area contributed by atoms with Gasteiger partial charge >= 0.3 is 0 Å². The lowest BCUT2D eigenvalue weighted by Gasteiger charge is -2.33. The molecule has 0 aliphatic carbocycles. The third-order valence-corrected chi connectivity index (χ3v) is 4.75. The number of hydrogen-bond donors (Lipinski definition) is 1. The summed E-state index contributed by atoms with van der Waals surface area (Å²) in [4.78, 5) is 2.68. The van der Waals surface area contributed by atoms with Crippen LogP contribution in [0.15, 0.2) is 30.3 Å². The summed E-state index contributed by atoms with van der Waals surface area (Å²) in [5.41, 5.74) is 1.41. The number of likely N-dealkylation sites (tertiary alicyclic amines) is 1. The molecule has 0 bridgehead atoms. The van der Waals surface area contributed by atoms with Gasteiger partial charge in [0.2, 0.25) is 0 Å². The van der Waals surface area contributed by atoms with Crippen molar-refractivity contribution in [2.75, 3.05) is 19.6 Å². The van der Waals surface area contributed by atoms with Gasteiger partial charge in [0.25, 0.3) is 0 Å². The van der Waals surface area contributed by atoms with Gasteiger partial charge in [0.15, 0.2) is 0 Å². The number of nitrogens with one attached hydrogen (secondary N) is 1. The summed E-state index contributed by atoms with van der Waals surface area (Å²) in [5, 5.41) is 3.85. The predicted molar refractivity (Wildman–Crippen MR) is 91.5 cm³/mol. The predicted octanol–water partition coefficient (Wildman–Crippen LogP) is 4.09. The second-order valence-electron chi connectivity index (χ2n) is 7.10. The Bertz CT molecular complexity index is 393. The van der Waals surface area contributed by atoms with E-state index in [1.807, 2.05) is 0 Å². The first kappa shape index (κ1) is 16.5. The zero-order valence-corrected chi connectivity index (χ0v) is 14.2. The minimum absolute atomic E-state index is 0.454. The van der Waals surface area contributed by atoms with E-state index in [1.165, 1.54) is 31.5 Å². The smallest absolute Gasteiger partial charge is 0.0344 e. The molecule has 0 aromatic heterocycles. The van der Waals surface area contributed by atoms with Gasteiger partial charge in [-0.25, -0.2) is 0 Å². The van der Waals surface area contributed by atoms with Crippen molar-refractivity contribution in [1.82, 2.24) is 10.2 Å². The first-order chi connectivity index (χ1) is 10.1. The molecule has 2 rings (SSSR count). The zero-order chi connectivity index (χ0) is 15.2. The van der Waals surface area contributed by atoms with Crippen molar-refractivity contribution in [3.63, 3.8) is 0 Å². The highest BCUT2D eigenvalue weighted by atomic mass is 15.2. The molecule has 1 N–H and O–H groups in total. The molecule has 0 spiro atoms. The second-order valence-corrected chi connectivity index (χ2v) is 7.10. The molecule has 2 unspecified atom stereocenters. The van der Waals surface area contributed by atoms with Crippen LogP contribution in [-0.2, 0) is 0 Å². The van der Waals surface area contributed by atoms with Crippen LogP contribution < -0.4 is 5.32 Å². The molecule has 0 amide bonds. The van der Waals surface area contributed by atoms with Crippen LogP contribution in [0.1, 0.15) is 52.1 Å². The Labute approximate surface area is 130 Å². The molecule has 2 heteroatoms. The average molecular weight is 288 g/mol. The molecule has 1 aliphatic rings. The van der Waals surface area contributed by atoms with Gasteiger partial charge < -0.3 is 5.32 Å². The molecule has 1 aromatic carbocycles. The molecule has 118 valence electrons. The largest absolute Gasteiger partial charge is 0.308 e. The first-order valence-electron chi connectivity index (χ1n) is 8.62. The number of hydrogen-bond acceptors (Lipinski definition) is 2. The van der Waals surface area contributed by atoms with Crippen LogP contribution in [0.25, 0.3) is 0 Å². The van der Waals surface area contributed by atoms with E-state index in [2.05, 4.69) is 68.2 Å². The lowest BCUT2D eigenvalue weighted by atomic mass is 9.94. The quantitative estimate of drug-likeness (QED) is 0.813. The van der Waals surface area contributed by atoms with Gasteiger partial charge in [0.1, 0.15) is 0 Å². The summed E-state index contributed by atoms with van der Waals surface area (Å²) in [5.74, 6) is 1.32. The van der Waals surface area contributed by atoms with Crippen molar-refractivity contribution in [3.05, 3.63) is 35.9 Å². The summed E-state index contributed by atoms with van der Waals surface area (Å²) >= 11 is 0. The summed E-state index contributed by atoms with van der Waals surface area (Å²) < 4.78 is 0. The van der Waals surface area contributed by atoms with Crippen molar-refractivity contribution in [2.45, 2.75) is 52.6 Å². The van der Waals surface area contributed by atoms with Crippen LogP contribution in [0.3, 0.4) is 0 Å². The average Bonchev–Trinajstić information content (AvgIpc) is 2.97. The van der Waals surface area contributed by atoms with Crippen molar-refractivity contribution in [2.24, 2.45) is 11.8 Å². The molecule has 21 heavy (non-hydrogen) atoms. The lowest BCUT2D eigenvalue weighted by molar-refractivity contribution is 0.178. The third kappa shape index (κ3) is 4.55. The highest BCUT2D eigenvalue weighted by Gasteiger charge is 2.26. The van der Waals surface area contributed by atoms with Crippen molar-refractivity contribution < 1.29 is 0 Å². The number of nitrogens with zero attached hydrogens (tertiary/aromatic N) is 1. The normalized spacial score (nSPS) is 19.3. The molecule has 1 fully saturated rings. The monoisotopic (exact) mass is 288 g/mol. The van der Waals surface area contributed by atoms with Gasteiger partial charge in [-0.2, -0.15) is 0 Å². The third-order valence-electron chi connectivity index (χ3n) is 4.75. The molecule has 2 atom stereocenters. The Hall–Kier alpha value is -0.860. The van der Waals surface area contributed by atoms with E-state index in [0.717, 1.165) is 6.54 Å². The first-order valence-corrected chi connectivity index (χ1v) is 8.62. The Morgan fingerprint density at radius 2 is 1.57 bits per heavy atom. The fourth-order valence-electron chi connectivity index (χ4n) is 3.51. The van der Waals surface area contributed by atoms with E-state index < -0.39 is 0 Å².